The number of nitrogens with zero attached hydrogens (tertiary/aromatic N) is 2. The Morgan fingerprint density at radius 2 is 2.03 bits per heavy atom. The molecule has 6 heteroatoms. The quantitative estimate of drug-likeness (QED) is 0.379. The topological polar surface area (TPSA) is 34.9 Å². The van der Waals surface area contributed by atoms with E-state index >= 15 is 0 Å². The Kier molecular flexibility index (Phi) is 5.52. The van der Waals surface area contributed by atoms with E-state index in [2.05, 4.69) is 6.92 Å². The molecule has 0 aliphatic rings. The molecule has 148 valence electrons. The van der Waals surface area contributed by atoms with Crippen molar-refractivity contribution < 1.29 is 4.39 Å². The Labute approximate surface area is 177 Å². The lowest BCUT2D eigenvalue weighted by Gasteiger charge is -2.13. The lowest BCUT2D eigenvalue weighted by molar-refractivity contribution is 0.618. The highest BCUT2D eigenvalue weighted by atomic mass is 35.5. The van der Waals surface area contributed by atoms with Gasteiger partial charge in [0.05, 0.1) is 11.9 Å². The van der Waals surface area contributed by atoms with Gasteiger partial charge in [-0.05, 0) is 54.3 Å². The van der Waals surface area contributed by atoms with Gasteiger partial charge in [0.15, 0.2) is 0 Å². The maximum absolute atomic E-state index is 13.7. The zero-order valence-electron chi connectivity index (χ0n) is 16.2. The molecule has 2 aromatic heterocycles. The van der Waals surface area contributed by atoms with E-state index in [9.17, 15) is 9.18 Å². The predicted octanol–water partition coefficient (Wildman–Crippen LogP) is 6.23. The van der Waals surface area contributed by atoms with E-state index in [1.165, 1.54) is 23.5 Å². The van der Waals surface area contributed by atoms with Crippen molar-refractivity contribution in [1.82, 2.24) is 9.55 Å². The van der Waals surface area contributed by atoms with E-state index in [0.29, 0.717) is 23.4 Å². The summed E-state index contributed by atoms with van der Waals surface area (Å²) in [6, 6.07) is 12.1. The van der Waals surface area contributed by atoms with Crippen LogP contribution >= 0.6 is 22.9 Å². The van der Waals surface area contributed by atoms with E-state index in [1.54, 1.807) is 10.6 Å². The summed E-state index contributed by atoms with van der Waals surface area (Å²) in [6.07, 6.45) is 1.56. The Bertz CT molecular complexity index is 1260. The highest BCUT2D eigenvalue weighted by molar-refractivity contribution is 7.17. The number of hydrogen-bond acceptors (Lipinski definition) is 3. The Morgan fingerprint density at radius 3 is 2.76 bits per heavy atom. The molecule has 0 aliphatic heterocycles. The molecule has 0 bridgehead atoms. The second-order valence-corrected chi connectivity index (χ2v) is 8.36. The molecule has 0 amide bonds. The third kappa shape index (κ3) is 3.85. The summed E-state index contributed by atoms with van der Waals surface area (Å²) in [6.45, 7) is 4.29. The summed E-state index contributed by atoms with van der Waals surface area (Å²) in [5.41, 5.74) is 3.41. The highest BCUT2D eigenvalue weighted by Gasteiger charge is 2.17. The smallest absolute Gasteiger partial charge is 0.263 e. The summed E-state index contributed by atoms with van der Waals surface area (Å²) in [5.74, 6) is 0.421. The molecule has 0 spiro atoms. The van der Waals surface area contributed by atoms with Crippen LogP contribution in [0.15, 0.2) is 52.6 Å². The molecule has 0 N–H and O–H groups in total. The average molecular weight is 427 g/mol. The number of fused-ring (bicyclic) bond motifs is 1. The normalized spacial score (nSPS) is 11.3. The van der Waals surface area contributed by atoms with Gasteiger partial charge in [-0.1, -0.05) is 36.7 Å². The standard InChI is InChI=1S/C23H20ClFN2OS/c1-3-5-20-26-22-21(18(13-29-22)16-8-9-19(24)14(2)10-16)23(28)27(20)12-15-6-4-7-17(25)11-15/h4,6-11,13H,3,5,12H2,1-2H3. The number of rotatable bonds is 5. The summed E-state index contributed by atoms with van der Waals surface area (Å²) in [5, 5.41) is 3.28. The third-order valence-electron chi connectivity index (χ3n) is 4.95. The van der Waals surface area contributed by atoms with Crippen LogP contribution in [-0.4, -0.2) is 9.55 Å². The van der Waals surface area contributed by atoms with Crippen molar-refractivity contribution >= 4 is 33.2 Å². The van der Waals surface area contributed by atoms with Gasteiger partial charge in [-0.3, -0.25) is 9.36 Å². The molecule has 0 unspecified atom stereocenters. The molecule has 2 heterocycles. The highest BCUT2D eigenvalue weighted by Crippen LogP contribution is 2.33. The van der Waals surface area contributed by atoms with E-state index < -0.39 is 0 Å². The van der Waals surface area contributed by atoms with Crippen LogP contribution in [-0.2, 0) is 13.0 Å². The van der Waals surface area contributed by atoms with Crippen molar-refractivity contribution in [2.24, 2.45) is 0 Å². The molecule has 0 radical (unpaired) electrons. The molecule has 0 saturated carbocycles. The van der Waals surface area contributed by atoms with Crippen molar-refractivity contribution in [1.29, 1.82) is 0 Å². The molecule has 0 saturated heterocycles. The van der Waals surface area contributed by atoms with Crippen molar-refractivity contribution in [2.75, 3.05) is 0 Å². The van der Waals surface area contributed by atoms with E-state index in [0.717, 1.165) is 39.3 Å². The maximum Gasteiger partial charge on any atom is 0.263 e. The molecule has 2 aromatic carbocycles. The second kappa shape index (κ2) is 8.09. The van der Waals surface area contributed by atoms with Crippen LogP contribution in [0.4, 0.5) is 4.39 Å². The van der Waals surface area contributed by atoms with Gasteiger partial charge in [0, 0.05) is 22.4 Å². The first kappa shape index (κ1) is 19.8. The minimum absolute atomic E-state index is 0.0911. The summed E-state index contributed by atoms with van der Waals surface area (Å²) in [4.78, 5) is 19.1. The van der Waals surface area contributed by atoms with Gasteiger partial charge < -0.3 is 0 Å². The molecule has 0 aliphatic carbocycles. The van der Waals surface area contributed by atoms with Crippen molar-refractivity contribution in [3.63, 3.8) is 0 Å². The monoisotopic (exact) mass is 426 g/mol. The van der Waals surface area contributed by atoms with E-state index in [-0.39, 0.29) is 11.4 Å². The Morgan fingerprint density at radius 1 is 1.21 bits per heavy atom. The van der Waals surface area contributed by atoms with Gasteiger partial charge in [0.2, 0.25) is 0 Å². The van der Waals surface area contributed by atoms with E-state index in [4.69, 9.17) is 16.6 Å². The zero-order chi connectivity index (χ0) is 20.5. The van der Waals surface area contributed by atoms with Crippen LogP contribution in [0.3, 0.4) is 0 Å². The molecule has 3 nitrogen and oxygen atoms in total. The average Bonchev–Trinajstić information content (AvgIpc) is 3.11. The SMILES string of the molecule is CCCc1nc2scc(-c3ccc(Cl)c(C)c3)c2c(=O)n1Cc1cccc(F)c1. The van der Waals surface area contributed by atoms with Gasteiger partial charge in [0.1, 0.15) is 16.5 Å². The van der Waals surface area contributed by atoms with Gasteiger partial charge in [-0.2, -0.15) is 0 Å². The third-order valence-corrected chi connectivity index (χ3v) is 6.24. The van der Waals surface area contributed by atoms with Crippen LogP contribution in [0, 0.1) is 12.7 Å². The first-order valence-electron chi connectivity index (χ1n) is 9.49. The molecule has 4 rings (SSSR count). The van der Waals surface area contributed by atoms with Crippen LogP contribution in [0.1, 0.15) is 30.3 Å². The van der Waals surface area contributed by atoms with Gasteiger partial charge in [-0.15, -0.1) is 11.3 Å². The molecular formula is C23H20ClFN2OS. The maximum atomic E-state index is 13.7. The minimum Gasteiger partial charge on any atom is -0.292 e. The lowest BCUT2D eigenvalue weighted by atomic mass is 10.0. The van der Waals surface area contributed by atoms with Gasteiger partial charge in [0.25, 0.3) is 5.56 Å². The fourth-order valence-electron chi connectivity index (χ4n) is 3.49. The van der Waals surface area contributed by atoms with Crippen molar-refractivity contribution in [3.05, 3.63) is 86.0 Å². The molecule has 0 fully saturated rings. The first-order chi connectivity index (χ1) is 14.0. The lowest BCUT2D eigenvalue weighted by Crippen LogP contribution is -2.25. The fourth-order valence-corrected chi connectivity index (χ4v) is 4.56. The zero-order valence-corrected chi connectivity index (χ0v) is 17.8. The summed E-state index contributed by atoms with van der Waals surface area (Å²) >= 11 is 7.64. The number of aromatic nitrogens is 2. The molecule has 29 heavy (non-hydrogen) atoms. The van der Waals surface area contributed by atoms with Crippen molar-refractivity contribution in [3.8, 4) is 11.1 Å². The number of thiophene rings is 1. The van der Waals surface area contributed by atoms with Crippen LogP contribution in [0.25, 0.3) is 21.3 Å². The van der Waals surface area contributed by atoms with Crippen molar-refractivity contribution in [2.45, 2.75) is 33.2 Å². The Hall–Kier alpha value is -2.50. The van der Waals surface area contributed by atoms with Gasteiger partial charge in [-0.25, -0.2) is 9.37 Å². The van der Waals surface area contributed by atoms with Gasteiger partial charge >= 0.3 is 0 Å². The Balaban J connectivity index is 1.91. The fraction of sp³-hybridized carbons (Fsp3) is 0.217. The first-order valence-corrected chi connectivity index (χ1v) is 10.8. The summed E-state index contributed by atoms with van der Waals surface area (Å²) in [7, 11) is 0. The molecule has 4 aromatic rings. The number of halogens is 2. The molecular weight excluding hydrogens is 407 g/mol. The van der Waals surface area contributed by atoms with Crippen LogP contribution in [0.2, 0.25) is 5.02 Å². The predicted molar refractivity (Wildman–Crippen MR) is 119 cm³/mol. The number of benzene rings is 2. The van der Waals surface area contributed by atoms with E-state index in [1.807, 2.05) is 36.6 Å². The number of hydrogen-bond donors (Lipinski definition) is 0. The van der Waals surface area contributed by atoms with Crippen LogP contribution < -0.4 is 5.56 Å². The number of aryl methyl sites for hydroxylation is 2. The second-order valence-electron chi connectivity index (χ2n) is 7.09. The summed E-state index contributed by atoms with van der Waals surface area (Å²) < 4.78 is 15.3. The molecule has 0 atom stereocenters. The van der Waals surface area contributed by atoms with Crippen LogP contribution in [0.5, 0.6) is 0 Å². The minimum atomic E-state index is -0.311. The largest absolute Gasteiger partial charge is 0.292 e.